The second kappa shape index (κ2) is 6.40. The second-order valence-electron chi connectivity index (χ2n) is 6.78. The van der Waals surface area contributed by atoms with Crippen LogP contribution in [0, 0.1) is 17.3 Å². The highest BCUT2D eigenvalue weighted by molar-refractivity contribution is 5.97. The quantitative estimate of drug-likeness (QED) is 0.771. The maximum Gasteiger partial charge on any atom is 0.316 e. The van der Waals surface area contributed by atoms with E-state index in [2.05, 4.69) is 12.2 Å². The van der Waals surface area contributed by atoms with Crippen LogP contribution in [0.5, 0.6) is 0 Å². The van der Waals surface area contributed by atoms with Crippen molar-refractivity contribution in [3.63, 3.8) is 0 Å². The Morgan fingerprint density at radius 1 is 1.32 bits per heavy atom. The normalized spacial score (nSPS) is 25.7. The summed E-state index contributed by atoms with van der Waals surface area (Å²) in [6.07, 6.45) is 5.44. The van der Waals surface area contributed by atoms with Crippen LogP contribution in [-0.4, -0.2) is 23.0 Å². The molecule has 3 atom stereocenters. The molecule has 3 unspecified atom stereocenters. The summed E-state index contributed by atoms with van der Waals surface area (Å²) in [7, 11) is 0. The highest BCUT2D eigenvalue weighted by Crippen LogP contribution is 2.29. The van der Waals surface area contributed by atoms with Crippen molar-refractivity contribution in [2.45, 2.75) is 65.8 Å². The minimum absolute atomic E-state index is 0.149. The van der Waals surface area contributed by atoms with Gasteiger partial charge in [0.1, 0.15) is 5.92 Å². The van der Waals surface area contributed by atoms with Crippen molar-refractivity contribution in [2.24, 2.45) is 17.3 Å². The predicted octanol–water partition coefficient (Wildman–Crippen LogP) is 2.82. The zero-order chi connectivity index (χ0) is 14.6. The molecule has 0 aromatic heterocycles. The van der Waals surface area contributed by atoms with Crippen molar-refractivity contribution in [1.29, 1.82) is 0 Å². The summed E-state index contributed by atoms with van der Waals surface area (Å²) in [6, 6.07) is 0.149. The fourth-order valence-electron chi connectivity index (χ4n) is 2.95. The van der Waals surface area contributed by atoms with Gasteiger partial charge in [-0.05, 0) is 24.2 Å². The van der Waals surface area contributed by atoms with E-state index >= 15 is 0 Å². The van der Waals surface area contributed by atoms with Crippen LogP contribution in [0.3, 0.4) is 0 Å². The molecule has 0 spiro atoms. The molecule has 1 aliphatic carbocycles. The Kier molecular flexibility index (Phi) is 5.39. The van der Waals surface area contributed by atoms with E-state index in [1.54, 1.807) is 20.8 Å². The standard InChI is InChI=1S/C15H27NO3/c1-5-10-7-6-8-11(9-10)16-13(17)12(14(18)19)15(2,3)4/h10-12H,5-9H2,1-4H3,(H,16,17)(H,18,19). The zero-order valence-corrected chi connectivity index (χ0v) is 12.5. The van der Waals surface area contributed by atoms with Crippen LogP contribution in [0.1, 0.15) is 59.8 Å². The van der Waals surface area contributed by atoms with E-state index in [1.807, 2.05) is 0 Å². The average Bonchev–Trinajstić information content (AvgIpc) is 2.26. The lowest BCUT2D eigenvalue weighted by atomic mass is 9.79. The van der Waals surface area contributed by atoms with Gasteiger partial charge in [-0.2, -0.15) is 0 Å². The van der Waals surface area contributed by atoms with Gasteiger partial charge in [-0.15, -0.1) is 0 Å². The number of hydrogen-bond donors (Lipinski definition) is 2. The van der Waals surface area contributed by atoms with E-state index in [0.29, 0.717) is 5.92 Å². The number of nitrogens with one attached hydrogen (secondary N) is 1. The van der Waals surface area contributed by atoms with Gasteiger partial charge in [-0.25, -0.2) is 0 Å². The predicted molar refractivity (Wildman–Crippen MR) is 74.8 cm³/mol. The zero-order valence-electron chi connectivity index (χ0n) is 12.5. The smallest absolute Gasteiger partial charge is 0.316 e. The molecular weight excluding hydrogens is 242 g/mol. The number of hydrogen-bond acceptors (Lipinski definition) is 2. The van der Waals surface area contributed by atoms with Gasteiger partial charge in [0, 0.05) is 6.04 Å². The van der Waals surface area contributed by atoms with E-state index in [0.717, 1.165) is 25.7 Å². The molecule has 1 rings (SSSR count). The van der Waals surface area contributed by atoms with Crippen molar-refractivity contribution in [3.05, 3.63) is 0 Å². The second-order valence-corrected chi connectivity index (χ2v) is 6.78. The molecule has 0 aromatic rings. The molecule has 1 fully saturated rings. The van der Waals surface area contributed by atoms with Crippen molar-refractivity contribution in [2.75, 3.05) is 0 Å². The van der Waals surface area contributed by atoms with Gasteiger partial charge in [0.2, 0.25) is 5.91 Å². The number of carbonyl (C=O) groups excluding carboxylic acids is 1. The Balaban J connectivity index is 2.64. The van der Waals surface area contributed by atoms with Crippen LogP contribution in [0.4, 0.5) is 0 Å². The summed E-state index contributed by atoms with van der Waals surface area (Å²) in [6.45, 7) is 7.55. The summed E-state index contributed by atoms with van der Waals surface area (Å²) in [4.78, 5) is 23.5. The van der Waals surface area contributed by atoms with E-state index in [1.165, 1.54) is 6.42 Å². The summed E-state index contributed by atoms with van der Waals surface area (Å²) in [5, 5.41) is 12.2. The molecule has 0 radical (unpaired) electrons. The SMILES string of the molecule is CCC1CCCC(NC(=O)C(C(=O)O)C(C)(C)C)C1. The average molecular weight is 269 g/mol. The fraction of sp³-hybridized carbons (Fsp3) is 0.867. The van der Waals surface area contributed by atoms with Gasteiger partial charge in [0.15, 0.2) is 0 Å². The van der Waals surface area contributed by atoms with Crippen LogP contribution >= 0.6 is 0 Å². The molecule has 0 aliphatic heterocycles. The van der Waals surface area contributed by atoms with Crippen LogP contribution < -0.4 is 5.32 Å². The minimum Gasteiger partial charge on any atom is -0.481 e. The van der Waals surface area contributed by atoms with Gasteiger partial charge in [0.05, 0.1) is 0 Å². The van der Waals surface area contributed by atoms with E-state index in [9.17, 15) is 14.7 Å². The first-order valence-electron chi connectivity index (χ1n) is 7.28. The van der Waals surface area contributed by atoms with Gasteiger partial charge in [-0.1, -0.05) is 47.0 Å². The number of carboxylic acids is 1. The number of amides is 1. The molecule has 0 heterocycles. The maximum atomic E-state index is 12.2. The molecule has 1 saturated carbocycles. The maximum absolute atomic E-state index is 12.2. The van der Waals surface area contributed by atoms with Crippen molar-refractivity contribution in [1.82, 2.24) is 5.32 Å². The lowest BCUT2D eigenvalue weighted by Gasteiger charge is -2.32. The summed E-state index contributed by atoms with van der Waals surface area (Å²) >= 11 is 0. The van der Waals surface area contributed by atoms with Crippen LogP contribution in [-0.2, 0) is 9.59 Å². The van der Waals surface area contributed by atoms with Gasteiger partial charge >= 0.3 is 5.97 Å². The summed E-state index contributed by atoms with van der Waals surface area (Å²) in [5.74, 6) is -1.68. The minimum atomic E-state index is -1.03. The monoisotopic (exact) mass is 269 g/mol. The first-order chi connectivity index (χ1) is 8.75. The van der Waals surface area contributed by atoms with E-state index in [-0.39, 0.29) is 11.9 Å². The molecule has 0 aromatic carbocycles. The summed E-state index contributed by atoms with van der Waals surface area (Å²) in [5.41, 5.74) is -0.561. The third kappa shape index (κ3) is 4.51. The number of carboxylic acid groups (broad SMARTS) is 1. The summed E-state index contributed by atoms with van der Waals surface area (Å²) < 4.78 is 0. The Bertz CT molecular complexity index is 333. The molecule has 19 heavy (non-hydrogen) atoms. The molecule has 4 nitrogen and oxygen atoms in total. The first-order valence-corrected chi connectivity index (χ1v) is 7.28. The Labute approximate surface area is 116 Å². The topological polar surface area (TPSA) is 66.4 Å². The number of carbonyl (C=O) groups is 2. The van der Waals surface area contributed by atoms with Gasteiger partial charge in [0.25, 0.3) is 0 Å². The molecule has 1 amide bonds. The fourth-order valence-corrected chi connectivity index (χ4v) is 2.95. The van der Waals surface area contributed by atoms with Gasteiger partial charge in [-0.3, -0.25) is 9.59 Å². The molecule has 1 aliphatic rings. The van der Waals surface area contributed by atoms with E-state index in [4.69, 9.17) is 0 Å². The van der Waals surface area contributed by atoms with Crippen LogP contribution in [0.25, 0.3) is 0 Å². The Hall–Kier alpha value is -1.06. The molecule has 4 heteroatoms. The lowest BCUT2D eigenvalue weighted by molar-refractivity contribution is -0.151. The van der Waals surface area contributed by atoms with Crippen molar-refractivity contribution in [3.8, 4) is 0 Å². The highest BCUT2D eigenvalue weighted by Gasteiger charge is 2.38. The van der Waals surface area contributed by atoms with Gasteiger partial charge < -0.3 is 10.4 Å². The Morgan fingerprint density at radius 3 is 2.42 bits per heavy atom. The Morgan fingerprint density at radius 2 is 1.95 bits per heavy atom. The lowest BCUT2D eigenvalue weighted by Crippen LogP contribution is -2.47. The molecule has 2 N–H and O–H groups in total. The highest BCUT2D eigenvalue weighted by atomic mass is 16.4. The molecule has 0 bridgehead atoms. The van der Waals surface area contributed by atoms with Crippen LogP contribution in [0.2, 0.25) is 0 Å². The largest absolute Gasteiger partial charge is 0.481 e. The molecular formula is C15H27NO3. The number of aliphatic carboxylic acids is 1. The number of rotatable bonds is 4. The molecule has 0 saturated heterocycles. The third-order valence-corrected chi connectivity index (χ3v) is 4.08. The van der Waals surface area contributed by atoms with Crippen molar-refractivity contribution < 1.29 is 14.7 Å². The van der Waals surface area contributed by atoms with Crippen LogP contribution in [0.15, 0.2) is 0 Å². The van der Waals surface area contributed by atoms with Crippen molar-refractivity contribution >= 4 is 11.9 Å². The van der Waals surface area contributed by atoms with E-state index < -0.39 is 17.3 Å². The molecule has 110 valence electrons. The third-order valence-electron chi connectivity index (χ3n) is 4.08. The first kappa shape index (κ1) is 16.0.